The first-order valence-corrected chi connectivity index (χ1v) is 8.33. The van der Waals surface area contributed by atoms with Gasteiger partial charge >= 0.3 is 5.91 Å². The highest BCUT2D eigenvalue weighted by Gasteiger charge is 2.20. The number of hydrogen-bond donors (Lipinski definition) is 1. The fourth-order valence-electron chi connectivity index (χ4n) is 1.80. The molecule has 0 radical (unpaired) electrons. The summed E-state index contributed by atoms with van der Waals surface area (Å²) in [6.45, 7) is 4.19. The molecule has 0 spiro atoms. The molecule has 0 fully saturated rings. The molecule has 0 unspecified atom stereocenters. The van der Waals surface area contributed by atoms with Crippen molar-refractivity contribution in [2.45, 2.75) is 25.2 Å². The van der Waals surface area contributed by atoms with Crippen molar-refractivity contribution < 1.29 is 22.4 Å². The summed E-state index contributed by atoms with van der Waals surface area (Å²) < 4.78 is 36.7. The van der Waals surface area contributed by atoms with Crippen LogP contribution in [0.4, 0.5) is 0 Å². The van der Waals surface area contributed by atoms with Crippen LogP contribution >= 0.6 is 0 Å². The number of nitrogens with one attached hydrogen (secondary N) is 1. The quantitative estimate of drug-likeness (QED) is 0.882. The normalized spacial score (nSPS) is 11.2. The SMILES string of the molecule is CCOc1ccc(S(=O)(=O)NC(=O)c2ccc(CC)o2)cc1. The van der Waals surface area contributed by atoms with E-state index in [0.717, 1.165) is 0 Å². The molecule has 2 rings (SSSR count). The fraction of sp³-hybridized carbons (Fsp3) is 0.267. The number of carbonyl (C=O) groups is 1. The van der Waals surface area contributed by atoms with Crippen molar-refractivity contribution >= 4 is 15.9 Å². The Morgan fingerprint density at radius 2 is 1.82 bits per heavy atom. The summed E-state index contributed by atoms with van der Waals surface area (Å²) in [5.41, 5.74) is 0. The standard InChI is InChI=1S/C15H17NO5S/c1-3-11-7-10-14(21-11)15(17)16-22(18,19)13-8-5-12(6-9-13)20-4-2/h5-10H,3-4H2,1-2H3,(H,16,17). The van der Waals surface area contributed by atoms with Gasteiger partial charge in [-0.15, -0.1) is 0 Å². The van der Waals surface area contributed by atoms with Gasteiger partial charge in [-0.2, -0.15) is 0 Å². The number of benzene rings is 1. The molecule has 0 atom stereocenters. The largest absolute Gasteiger partial charge is 0.494 e. The number of furan rings is 1. The minimum Gasteiger partial charge on any atom is -0.494 e. The second-order valence-electron chi connectivity index (χ2n) is 4.46. The van der Waals surface area contributed by atoms with Crippen LogP contribution in [0.15, 0.2) is 45.7 Å². The Morgan fingerprint density at radius 3 is 2.36 bits per heavy atom. The van der Waals surface area contributed by atoms with Gasteiger partial charge < -0.3 is 9.15 Å². The van der Waals surface area contributed by atoms with E-state index in [1.807, 2.05) is 18.6 Å². The molecular formula is C15H17NO5S. The Morgan fingerprint density at radius 1 is 1.14 bits per heavy atom. The zero-order valence-electron chi connectivity index (χ0n) is 12.3. The molecule has 2 aromatic rings. The van der Waals surface area contributed by atoms with E-state index in [4.69, 9.17) is 9.15 Å². The number of sulfonamides is 1. The van der Waals surface area contributed by atoms with Gasteiger partial charge in [-0.1, -0.05) is 6.92 Å². The maximum absolute atomic E-state index is 12.1. The molecule has 1 aromatic carbocycles. The molecule has 0 aliphatic carbocycles. The summed E-state index contributed by atoms with van der Waals surface area (Å²) in [6, 6.07) is 8.90. The highest BCUT2D eigenvalue weighted by atomic mass is 32.2. The van der Waals surface area contributed by atoms with E-state index in [-0.39, 0.29) is 10.7 Å². The van der Waals surface area contributed by atoms with E-state index in [0.29, 0.717) is 24.5 Å². The lowest BCUT2D eigenvalue weighted by Crippen LogP contribution is -2.30. The molecule has 1 amide bonds. The maximum Gasteiger partial charge on any atom is 0.300 e. The van der Waals surface area contributed by atoms with Gasteiger partial charge in [0.1, 0.15) is 11.5 Å². The van der Waals surface area contributed by atoms with Crippen molar-refractivity contribution in [3.8, 4) is 5.75 Å². The molecule has 6 nitrogen and oxygen atoms in total. The summed E-state index contributed by atoms with van der Waals surface area (Å²) in [5, 5.41) is 0. The van der Waals surface area contributed by atoms with E-state index < -0.39 is 15.9 Å². The fourth-order valence-corrected chi connectivity index (χ4v) is 2.76. The monoisotopic (exact) mass is 323 g/mol. The second kappa shape index (κ2) is 6.65. The van der Waals surface area contributed by atoms with Crippen molar-refractivity contribution in [2.24, 2.45) is 0 Å². The highest BCUT2D eigenvalue weighted by molar-refractivity contribution is 7.90. The van der Waals surface area contributed by atoms with E-state index in [1.54, 1.807) is 6.07 Å². The summed E-state index contributed by atoms with van der Waals surface area (Å²) in [7, 11) is -3.95. The topological polar surface area (TPSA) is 85.6 Å². The number of rotatable bonds is 6. The molecule has 1 aromatic heterocycles. The number of hydrogen-bond acceptors (Lipinski definition) is 5. The molecule has 0 saturated carbocycles. The molecule has 0 aliphatic heterocycles. The Kier molecular flexibility index (Phi) is 4.87. The van der Waals surface area contributed by atoms with Gasteiger partial charge in [0.05, 0.1) is 11.5 Å². The van der Waals surface area contributed by atoms with Gasteiger partial charge in [0, 0.05) is 6.42 Å². The van der Waals surface area contributed by atoms with E-state index in [2.05, 4.69) is 0 Å². The third-order valence-electron chi connectivity index (χ3n) is 2.91. The van der Waals surface area contributed by atoms with Gasteiger partial charge in [0.25, 0.3) is 10.0 Å². The van der Waals surface area contributed by atoms with Crippen molar-refractivity contribution in [3.63, 3.8) is 0 Å². The Labute approximate surface area is 129 Å². The van der Waals surface area contributed by atoms with Gasteiger partial charge in [0.15, 0.2) is 5.76 Å². The molecule has 0 aliphatic rings. The van der Waals surface area contributed by atoms with Gasteiger partial charge in [-0.05, 0) is 43.3 Å². The lowest BCUT2D eigenvalue weighted by atomic mass is 10.3. The molecule has 1 N–H and O–H groups in total. The molecule has 1 heterocycles. The molecule has 0 saturated heterocycles. The van der Waals surface area contributed by atoms with Gasteiger partial charge in [-0.25, -0.2) is 13.1 Å². The zero-order chi connectivity index (χ0) is 16.2. The zero-order valence-corrected chi connectivity index (χ0v) is 13.1. The number of amides is 1. The van der Waals surface area contributed by atoms with Crippen LogP contribution < -0.4 is 9.46 Å². The van der Waals surface area contributed by atoms with E-state index in [1.165, 1.54) is 30.3 Å². The van der Waals surface area contributed by atoms with Crippen LogP contribution in [0.3, 0.4) is 0 Å². The van der Waals surface area contributed by atoms with Crippen LogP contribution in [0.1, 0.15) is 30.2 Å². The van der Waals surface area contributed by atoms with E-state index in [9.17, 15) is 13.2 Å². The maximum atomic E-state index is 12.1. The van der Waals surface area contributed by atoms with Crippen molar-refractivity contribution in [2.75, 3.05) is 6.61 Å². The Hall–Kier alpha value is -2.28. The summed E-state index contributed by atoms with van der Waals surface area (Å²) in [4.78, 5) is 11.9. The first-order valence-electron chi connectivity index (χ1n) is 6.85. The Balaban J connectivity index is 2.14. The lowest BCUT2D eigenvalue weighted by molar-refractivity contribution is 0.0953. The number of ether oxygens (including phenoxy) is 1. The number of carbonyl (C=O) groups excluding carboxylic acids is 1. The average Bonchev–Trinajstić information content (AvgIpc) is 2.97. The van der Waals surface area contributed by atoms with Crippen molar-refractivity contribution in [1.82, 2.24) is 4.72 Å². The highest BCUT2D eigenvalue weighted by Crippen LogP contribution is 2.16. The predicted octanol–water partition coefficient (Wildman–Crippen LogP) is 2.36. The minimum atomic E-state index is -3.95. The second-order valence-corrected chi connectivity index (χ2v) is 6.14. The summed E-state index contributed by atoms with van der Waals surface area (Å²) in [6.07, 6.45) is 0.624. The molecule has 118 valence electrons. The van der Waals surface area contributed by atoms with E-state index >= 15 is 0 Å². The van der Waals surface area contributed by atoms with Crippen LogP contribution in [0.5, 0.6) is 5.75 Å². The van der Waals surface area contributed by atoms with Crippen molar-refractivity contribution in [1.29, 1.82) is 0 Å². The first kappa shape index (κ1) is 16.1. The van der Waals surface area contributed by atoms with Crippen LogP contribution in [-0.4, -0.2) is 20.9 Å². The first-order chi connectivity index (χ1) is 10.5. The Bertz CT molecular complexity index is 746. The smallest absolute Gasteiger partial charge is 0.300 e. The average molecular weight is 323 g/mol. The summed E-state index contributed by atoms with van der Waals surface area (Å²) >= 11 is 0. The lowest BCUT2D eigenvalue weighted by Gasteiger charge is -2.07. The van der Waals surface area contributed by atoms with Crippen LogP contribution in [0.25, 0.3) is 0 Å². The molecule has 22 heavy (non-hydrogen) atoms. The van der Waals surface area contributed by atoms with Crippen molar-refractivity contribution in [3.05, 3.63) is 47.9 Å². The molecular weight excluding hydrogens is 306 g/mol. The van der Waals surface area contributed by atoms with Gasteiger partial charge in [-0.3, -0.25) is 4.79 Å². The molecule has 7 heteroatoms. The van der Waals surface area contributed by atoms with Crippen LogP contribution in [0.2, 0.25) is 0 Å². The third-order valence-corrected chi connectivity index (χ3v) is 4.25. The van der Waals surface area contributed by atoms with Crippen LogP contribution in [0, 0.1) is 0 Å². The third kappa shape index (κ3) is 3.67. The molecule has 0 bridgehead atoms. The van der Waals surface area contributed by atoms with Crippen LogP contribution in [-0.2, 0) is 16.4 Å². The van der Waals surface area contributed by atoms with Gasteiger partial charge in [0.2, 0.25) is 0 Å². The summed E-state index contributed by atoms with van der Waals surface area (Å²) in [5.74, 6) is 0.343. The number of aryl methyl sites for hydroxylation is 1. The minimum absolute atomic E-state index is 0.0217. The predicted molar refractivity (Wildman–Crippen MR) is 80.3 cm³/mol.